The fourth-order valence-electron chi connectivity index (χ4n) is 3.79. The van der Waals surface area contributed by atoms with E-state index in [1.54, 1.807) is 12.4 Å². The Kier molecular flexibility index (Phi) is 5.09. The molecular weight excluding hydrogens is 352 g/mol. The van der Waals surface area contributed by atoms with Gasteiger partial charge in [-0.05, 0) is 32.4 Å². The maximum absolute atomic E-state index is 13.2. The highest BCUT2D eigenvalue weighted by Crippen LogP contribution is 2.18. The van der Waals surface area contributed by atoms with Crippen molar-refractivity contribution in [2.75, 3.05) is 26.2 Å². The summed E-state index contributed by atoms with van der Waals surface area (Å²) >= 11 is 0. The lowest BCUT2D eigenvalue weighted by atomic mass is 10.1. The molecule has 1 saturated heterocycles. The molecule has 0 unspecified atom stereocenters. The van der Waals surface area contributed by atoms with Gasteiger partial charge >= 0.3 is 0 Å². The number of hydrogen-bond donors (Lipinski definition) is 0. The minimum absolute atomic E-state index is 0.0385. The zero-order chi connectivity index (χ0) is 19.7. The molecule has 4 rings (SSSR count). The summed E-state index contributed by atoms with van der Waals surface area (Å²) in [7, 11) is 2.07. The third-order valence-electron chi connectivity index (χ3n) is 5.68. The maximum atomic E-state index is 13.2. The number of rotatable bonds is 3. The molecule has 0 atom stereocenters. The summed E-state index contributed by atoms with van der Waals surface area (Å²) < 4.78 is 2.16. The average Bonchev–Trinajstić information content (AvgIpc) is 2.89. The predicted molar refractivity (Wildman–Crippen MR) is 108 cm³/mol. The molecular formula is C21H26N6O. The SMILES string of the molecule is Cc1nc(CN2CCCN(C(=O)c3cccc4nccnc34)CC2)n(C)c1C. The Hall–Kier alpha value is -2.80. The van der Waals surface area contributed by atoms with Gasteiger partial charge in [0.1, 0.15) is 11.3 Å². The van der Waals surface area contributed by atoms with Crippen LogP contribution in [0.5, 0.6) is 0 Å². The summed E-state index contributed by atoms with van der Waals surface area (Å²) in [5.74, 6) is 1.12. The number of hydrogen-bond acceptors (Lipinski definition) is 5. The second kappa shape index (κ2) is 7.67. The van der Waals surface area contributed by atoms with Crippen molar-refractivity contribution in [3.05, 3.63) is 53.4 Å². The van der Waals surface area contributed by atoms with Crippen molar-refractivity contribution in [1.82, 2.24) is 29.3 Å². The highest BCUT2D eigenvalue weighted by molar-refractivity contribution is 6.04. The van der Waals surface area contributed by atoms with Crippen LogP contribution in [0.25, 0.3) is 11.0 Å². The van der Waals surface area contributed by atoms with Gasteiger partial charge in [-0.1, -0.05) is 6.07 Å². The highest BCUT2D eigenvalue weighted by atomic mass is 16.2. The molecule has 1 aromatic carbocycles. The second-order valence-electron chi connectivity index (χ2n) is 7.41. The molecule has 2 aromatic heterocycles. The third kappa shape index (κ3) is 3.49. The Balaban J connectivity index is 1.47. The summed E-state index contributed by atoms with van der Waals surface area (Å²) in [5.41, 5.74) is 4.36. The maximum Gasteiger partial charge on any atom is 0.256 e. The van der Waals surface area contributed by atoms with E-state index in [1.807, 2.05) is 23.1 Å². The van der Waals surface area contributed by atoms with E-state index in [4.69, 9.17) is 4.98 Å². The van der Waals surface area contributed by atoms with Gasteiger partial charge in [0.05, 0.1) is 23.3 Å². The Morgan fingerprint density at radius 1 is 1.07 bits per heavy atom. The second-order valence-corrected chi connectivity index (χ2v) is 7.41. The van der Waals surface area contributed by atoms with Crippen LogP contribution in [-0.4, -0.2) is 61.4 Å². The number of imidazole rings is 1. The Morgan fingerprint density at radius 2 is 1.89 bits per heavy atom. The number of aromatic nitrogens is 4. The number of benzene rings is 1. The van der Waals surface area contributed by atoms with Crippen molar-refractivity contribution in [1.29, 1.82) is 0 Å². The van der Waals surface area contributed by atoms with E-state index >= 15 is 0 Å². The first kappa shape index (κ1) is 18.6. The van der Waals surface area contributed by atoms with Crippen LogP contribution in [0.15, 0.2) is 30.6 Å². The molecule has 0 bridgehead atoms. The van der Waals surface area contributed by atoms with E-state index in [-0.39, 0.29) is 5.91 Å². The first-order valence-corrected chi connectivity index (χ1v) is 9.75. The largest absolute Gasteiger partial charge is 0.337 e. The number of carbonyl (C=O) groups is 1. The third-order valence-corrected chi connectivity index (χ3v) is 5.68. The molecule has 28 heavy (non-hydrogen) atoms. The molecule has 3 heterocycles. The number of amides is 1. The molecule has 7 heteroatoms. The van der Waals surface area contributed by atoms with Gasteiger partial charge < -0.3 is 9.47 Å². The zero-order valence-corrected chi connectivity index (χ0v) is 16.7. The van der Waals surface area contributed by atoms with E-state index < -0.39 is 0 Å². The Morgan fingerprint density at radius 3 is 2.68 bits per heavy atom. The molecule has 0 radical (unpaired) electrons. The van der Waals surface area contributed by atoms with Gasteiger partial charge in [0.2, 0.25) is 0 Å². The van der Waals surface area contributed by atoms with Crippen molar-refractivity contribution in [2.45, 2.75) is 26.8 Å². The van der Waals surface area contributed by atoms with Gasteiger partial charge in [-0.25, -0.2) is 4.98 Å². The topological polar surface area (TPSA) is 67.2 Å². The van der Waals surface area contributed by atoms with Crippen LogP contribution in [0.1, 0.15) is 34.0 Å². The summed E-state index contributed by atoms with van der Waals surface area (Å²) in [5, 5.41) is 0. The normalized spacial score (nSPS) is 15.8. The van der Waals surface area contributed by atoms with Crippen molar-refractivity contribution < 1.29 is 4.79 Å². The Labute approximate surface area is 165 Å². The lowest BCUT2D eigenvalue weighted by Crippen LogP contribution is -2.35. The molecule has 146 valence electrons. The predicted octanol–water partition coefficient (Wildman–Crippen LogP) is 2.33. The van der Waals surface area contributed by atoms with Crippen LogP contribution in [0.3, 0.4) is 0 Å². The van der Waals surface area contributed by atoms with E-state index in [0.29, 0.717) is 17.6 Å². The van der Waals surface area contributed by atoms with E-state index in [2.05, 4.69) is 40.3 Å². The van der Waals surface area contributed by atoms with Crippen molar-refractivity contribution in [2.24, 2.45) is 7.05 Å². The summed E-state index contributed by atoms with van der Waals surface area (Å²) in [4.78, 5) is 30.9. The molecule has 1 amide bonds. The molecule has 0 spiro atoms. The van der Waals surface area contributed by atoms with Gasteiger partial charge in [-0.15, -0.1) is 0 Å². The Bertz CT molecular complexity index is 1010. The van der Waals surface area contributed by atoms with Crippen molar-refractivity contribution >= 4 is 16.9 Å². The van der Waals surface area contributed by atoms with Crippen LogP contribution in [0, 0.1) is 13.8 Å². The number of carbonyl (C=O) groups excluding carboxylic acids is 1. The first-order valence-electron chi connectivity index (χ1n) is 9.75. The minimum atomic E-state index is 0.0385. The number of nitrogens with zero attached hydrogens (tertiary/aromatic N) is 6. The summed E-state index contributed by atoms with van der Waals surface area (Å²) in [6.07, 6.45) is 4.24. The lowest BCUT2D eigenvalue weighted by molar-refractivity contribution is 0.0762. The van der Waals surface area contributed by atoms with Gasteiger partial charge in [-0.2, -0.15) is 0 Å². The van der Waals surface area contributed by atoms with Crippen LogP contribution in [-0.2, 0) is 13.6 Å². The lowest BCUT2D eigenvalue weighted by Gasteiger charge is -2.22. The van der Waals surface area contributed by atoms with E-state index in [1.165, 1.54) is 5.69 Å². The number of aryl methyl sites for hydroxylation is 1. The van der Waals surface area contributed by atoms with Crippen molar-refractivity contribution in [3.63, 3.8) is 0 Å². The van der Waals surface area contributed by atoms with Crippen LogP contribution in [0.2, 0.25) is 0 Å². The number of para-hydroxylation sites is 1. The molecule has 7 nitrogen and oxygen atoms in total. The summed E-state index contributed by atoms with van der Waals surface area (Å²) in [6.45, 7) is 8.23. The smallest absolute Gasteiger partial charge is 0.256 e. The van der Waals surface area contributed by atoms with E-state index in [0.717, 1.165) is 49.6 Å². The van der Waals surface area contributed by atoms with Gasteiger partial charge in [0.15, 0.2) is 0 Å². The monoisotopic (exact) mass is 378 g/mol. The first-order chi connectivity index (χ1) is 13.5. The molecule has 1 fully saturated rings. The summed E-state index contributed by atoms with van der Waals surface area (Å²) in [6, 6.07) is 5.61. The van der Waals surface area contributed by atoms with Crippen LogP contribution >= 0.6 is 0 Å². The standard InChI is InChI=1S/C21H26N6O/c1-15-16(2)25(3)19(24-15)14-26-10-5-11-27(13-12-26)21(28)17-6-4-7-18-20(17)23-9-8-22-18/h4,6-9H,5,10-14H2,1-3H3. The quantitative estimate of drug-likeness (QED) is 0.700. The van der Waals surface area contributed by atoms with Crippen LogP contribution in [0.4, 0.5) is 0 Å². The number of fused-ring (bicyclic) bond motifs is 1. The minimum Gasteiger partial charge on any atom is -0.337 e. The fraction of sp³-hybridized carbons (Fsp3) is 0.429. The zero-order valence-electron chi connectivity index (χ0n) is 16.7. The van der Waals surface area contributed by atoms with Gasteiger partial charge in [0.25, 0.3) is 5.91 Å². The van der Waals surface area contributed by atoms with Gasteiger partial charge in [0, 0.05) is 51.3 Å². The molecule has 0 N–H and O–H groups in total. The molecule has 0 saturated carbocycles. The molecule has 1 aliphatic heterocycles. The fourth-order valence-corrected chi connectivity index (χ4v) is 3.79. The molecule has 1 aliphatic rings. The van der Waals surface area contributed by atoms with E-state index in [9.17, 15) is 4.79 Å². The van der Waals surface area contributed by atoms with Crippen molar-refractivity contribution in [3.8, 4) is 0 Å². The molecule has 0 aliphatic carbocycles. The van der Waals surface area contributed by atoms with Crippen LogP contribution < -0.4 is 0 Å². The highest BCUT2D eigenvalue weighted by Gasteiger charge is 2.23. The van der Waals surface area contributed by atoms with Gasteiger partial charge in [-0.3, -0.25) is 19.7 Å². The average molecular weight is 378 g/mol. The molecule has 3 aromatic rings.